The number of nitrogens with two attached hydrogens (primary N) is 1. The zero-order valence-corrected chi connectivity index (χ0v) is 9.08. The van der Waals surface area contributed by atoms with Crippen LogP contribution in [0.4, 0.5) is 13.2 Å². The third-order valence-corrected chi connectivity index (χ3v) is 3.19. The second kappa shape index (κ2) is 3.97. The highest BCUT2D eigenvalue weighted by Gasteiger charge is 2.41. The van der Waals surface area contributed by atoms with Gasteiger partial charge in [-0.2, -0.15) is 13.2 Å². The van der Waals surface area contributed by atoms with E-state index in [-0.39, 0.29) is 0 Å². The molecule has 2 N–H and O–H groups in total. The summed E-state index contributed by atoms with van der Waals surface area (Å²) in [4.78, 5) is 11.3. The molecule has 0 aliphatic rings. The lowest BCUT2D eigenvalue weighted by atomic mass is 10.2. The molecule has 0 aliphatic carbocycles. The summed E-state index contributed by atoms with van der Waals surface area (Å²) in [6.45, 7) is 2.48. The zero-order valence-electron chi connectivity index (χ0n) is 8.26. The van der Waals surface area contributed by atoms with Crippen LogP contribution in [-0.2, 0) is 0 Å². The Labute approximate surface area is 88.3 Å². The molecule has 0 fully saturated rings. The van der Waals surface area contributed by atoms with Gasteiger partial charge in [0.2, 0.25) is 0 Å². The van der Waals surface area contributed by atoms with Crippen LogP contribution >= 0.6 is 11.3 Å². The van der Waals surface area contributed by atoms with Crippen molar-refractivity contribution in [2.24, 2.45) is 5.73 Å². The molecule has 0 amide bonds. The second-order valence-electron chi connectivity index (χ2n) is 3.17. The predicted molar refractivity (Wildman–Crippen MR) is 52.2 cm³/mol. The first-order valence-electron chi connectivity index (χ1n) is 4.24. The van der Waals surface area contributed by atoms with Gasteiger partial charge in [0.05, 0.1) is 0 Å². The molecule has 0 aliphatic heterocycles. The molecular formula is C8H11F3N2OS. The molecule has 1 heterocycles. The summed E-state index contributed by atoms with van der Waals surface area (Å²) >= 11 is 0.807. The van der Waals surface area contributed by atoms with Gasteiger partial charge < -0.3 is 5.73 Å². The third-order valence-electron chi connectivity index (χ3n) is 2.22. The molecule has 1 rings (SSSR count). The van der Waals surface area contributed by atoms with E-state index in [0.717, 1.165) is 15.9 Å². The van der Waals surface area contributed by atoms with Crippen LogP contribution in [0.2, 0.25) is 0 Å². The Morgan fingerprint density at radius 3 is 2.27 bits per heavy atom. The SMILES string of the molecule is Cc1sc(=O)n(C(CN)C(F)(F)F)c1C. The minimum absolute atomic E-state index is 0.331. The van der Waals surface area contributed by atoms with E-state index >= 15 is 0 Å². The molecule has 86 valence electrons. The summed E-state index contributed by atoms with van der Waals surface area (Å²) in [6, 6.07) is -1.92. The largest absolute Gasteiger partial charge is 0.410 e. The number of aryl methyl sites for hydroxylation is 1. The summed E-state index contributed by atoms with van der Waals surface area (Å²) in [5.74, 6) is 0. The first-order chi connectivity index (χ1) is 6.79. The van der Waals surface area contributed by atoms with Crippen LogP contribution in [0.3, 0.4) is 0 Å². The van der Waals surface area contributed by atoms with E-state index in [0.29, 0.717) is 10.6 Å². The van der Waals surface area contributed by atoms with Crippen LogP contribution in [-0.4, -0.2) is 17.3 Å². The van der Waals surface area contributed by atoms with Gasteiger partial charge in [-0.25, -0.2) is 0 Å². The summed E-state index contributed by atoms with van der Waals surface area (Å²) in [6.07, 6.45) is -4.49. The lowest BCUT2D eigenvalue weighted by molar-refractivity contribution is -0.165. The summed E-state index contributed by atoms with van der Waals surface area (Å²) < 4.78 is 38.3. The number of nitrogens with zero attached hydrogens (tertiary/aromatic N) is 1. The molecule has 0 radical (unpaired) electrons. The van der Waals surface area contributed by atoms with Crippen molar-refractivity contribution in [2.75, 3.05) is 6.54 Å². The number of aromatic nitrogens is 1. The number of hydrogen-bond acceptors (Lipinski definition) is 3. The van der Waals surface area contributed by atoms with Gasteiger partial charge in [0.15, 0.2) is 0 Å². The third kappa shape index (κ3) is 2.23. The Hall–Kier alpha value is -0.820. The first-order valence-corrected chi connectivity index (χ1v) is 5.06. The average molecular weight is 240 g/mol. The molecule has 1 aromatic heterocycles. The van der Waals surface area contributed by atoms with Gasteiger partial charge in [-0.15, -0.1) is 0 Å². The van der Waals surface area contributed by atoms with Crippen molar-refractivity contribution in [1.82, 2.24) is 4.57 Å². The van der Waals surface area contributed by atoms with Gasteiger partial charge in [0.25, 0.3) is 0 Å². The molecule has 7 heteroatoms. The highest BCUT2D eigenvalue weighted by atomic mass is 32.1. The van der Waals surface area contributed by atoms with E-state index in [1.165, 1.54) is 6.92 Å². The van der Waals surface area contributed by atoms with Gasteiger partial charge in [0, 0.05) is 17.1 Å². The monoisotopic (exact) mass is 240 g/mol. The highest BCUT2D eigenvalue weighted by molar-refractivity contribution is 7.09. The molecule has 0 saturated carbocycles. The minimum atomic E-state index is -4.49. The van der Waals surface area contributed by atoms with E-state index < -0.39 is 23.6 Å². The molecule has 0 spiro atoms. The van der Waals surface area contributed by atoms with Crippen molar-refractivity contribution in [2.45, 2.75) is 26.1 Å². The number of halogens is 3. The minimum Gasteiger partial charge on any atom is -0.328 e. The Bertz CT molecular complexity index is 407. The summed E-state index contributed by atoms with van der Waals surface area (Å²) in [7, 11) is 0. The summed E-state index contributed by atoms with van der Waals surface area (Å²) in [5.41, 5.74) is 5.39. The topological polar surface area (TPSA) is 48.0 Å². The number of alkyl halides is 3. The van der Waals surface area contributed by atoms with E-state index in [2.05, 4.69) is 0 Å². The molecule has 3 nitrogen and oxygen atoms in total. The maximum absolute atomic E-state index is 12.5. The predicted octanol–water partition coefficient (Wildman–Crippen LogP) is 1.59. The van der Waals surface area contributed by atoms with Gasteiger partial charge in [-0.1, -0.05) is 11.3 Å². The fraction of sp³-hybridized carbons (Fsp3) is 0.625. The molecule has 1 aromatic rings. The Kier molecular flexibility index (Phi) is 3.25. The Balaban J connectivity index is 3.31. The Morgan fingerprint density at radius 2 is 2.00 bits per heavy atom. The maximum Gasteiger partial charge on any atom is 0.410 e. The fourth-order valence-corrected chi connectivity index (χ4v) is 2.18. The standard InChI is InChI=1S/C8H11F3N2OS/c1-4-5(2)15-7(14)13(4)6(3-12)8(9,10)11/h6H,3,12H2,1-2H3. The normalized spacial score (nSPS) is 14.3. The number of thiazole rings is 1. The molecule has 0 saturated heterocycles. The van der Waals surface area contributed by atoms with E-state index in [1.807, 2.05) is 0 Å². The highest BCUT2D eigenvalue weighted by Crippen LogP contribution is 2.30. The van der Waals surface area contributed by atoms with Crippen molar-refractivity contribution in [1.29, 1.82) is 0 Å². The number of rotatable bonds is 2. The molecular weight excluding hydrogens is 229 g/mol. The van der Waals surface area contributed by atoms with Crippen LogP contribution in [0.5, 0.6) is 0 Å². The molecule has 0 bridgehead atoms. The fourth-order valence-electron chi connectivity index (χ4n) is 1.31. The van der Waals surface area contributed by atoms with Crippen molar-refractivity contribution < 1.29 is 13.2 Å². The van der Waals surface area contributed by atoms with Crippen molar-refractivity contribution >= 4 is 11.3 Å². The van der Waals surface area contributed by atoms with E-state index in [4.69, 9.17) is 5.73 Å². The van der Waals surface area contributed by atoms with E-state index in [1.54, 1.807) is 6.92 Å². The van der Waals surface area contributed by atoms with Gasteiger partial charge in [-0.3, -0.25) is 9.36 Å². The first kappa shape index (κ1) is 12.3. The summed E-state index contributed by atoms with van der Waals surface area (Å²) in [5, 5.41) is 0. The van der Waals surface area contributed by atoms with Gasteiger partial charge >= 0.3 is 11.0 Å². The van der Waals surface area contributed by atoms with Crippen LogP contribution in [0.25, 0.3) is 0 Å². The molecule has 1 unspecified atom stereocenters. The molecule has 15 heavy (non-hydrogen) atoms. The quantitative estimate of drug-likeness (QED) is 0.853. The maximum atomic E-state index is 12.5. The zero-order chi connectivity index (χ0) is 11.8. The average Bonchev–Trinajstić information content (AvgIpc) is 2.30. The number of hydrogen-bond donors (Lipinski definition) is 1. The Morgan fingerprint density at radius 1 is 1.47 bits per heavy atom. The lowest BCUT2D eigenvalue weighted by Gasteiger charge is -2.20. The van der Waals surface area contributed by atoms with Gasteiger partial charge in [-0.05, 0) is 13.8 Å². The van der Waals surface area contributed by atoms with Crippen molar-refractivity contribution in [3.63, 3.8) is 0 Å². The van der Waals surface area contributed by atoms with Crippen LogP contribution in [0, 0.1) is 13.8 Å². The van der Waals surface area contributed by atoms with Crippen LogP contribution < -0.4 is 10.6 Å². The lowest BCUT2D eigenvalue weighted by Crippen LogP contribution is -2.37. The van der Waals surface area contributed by atoms with Crippen molar-refractivity contribution in [3.05, 3.63) is 20.2 Å². The van der Waals surface area contributed by atoms with Crippen molar-refractivity contribution in [3.8, 4) is 0 Å². The molecule has 1 atom stereocenters. The molecule has 0 aromatic carbocycles. The smallest absolute Gasteiger partial charge is 0.328 e. The van der Waals surface area contributed by atoms with Crippen LogP contribution in [0.1, 0.15) is 16.6 Å². The van der Waals surface area contributed by atoms with Crippen LogP contribution in [0.15, 0.2) is 4.79 Å². The second-order valence-corrected chi connectivity index (χ2v) is 4.34. The van der Waals surface area contributed by atoms with E-state index in [9.17, 15) is 18.0 Å². The van der Waals surface area contributed by atoms with Gasteiger partial charge in [0.1, 0.15) is 6.04 Å².